The number of nitrogens with one attached hydrogen (secondary N) is 1. The fourth-order valence-corrected chi connectivity index (χ4v) is 4.34. The lowest BCUT2D eigenvalue weighted by molar-refractivity contribution is 0.0920. The highest BCUT2D eigenvalue weighted by Gasteiger charge is 2.29. The third-order valence-electron chi connectivity index (χ3n) is 6.01. The van der Waals surface area contributed by atoms with Gasteiger partial charge in [0, 0.05) is 17.5 Å². The second-order valence-corrected chi connectivity index (χ2v) is 8.02. The van der Waals surface area contributed by atoms with Gasteiger partial charge in [-0.1, -0.05) is 37.1 Å². The Morgan fingerprint density at radius 1 is 0.812 bits per heavy atom. The van der Waals surface area contributed by atoms with Gasteiger partial charge in [0.2, 0.25) is 0 Å². The molecule has 1 aliphatic rings. The lowest BCUT2D eigenvalue weighted by atomic mass is 9.79. The lowest BCUT2D eigenvalue weighted by Crippen LogP contribution is -2.41. The standard InChI is InChI=1S/C27H29NO4/c1-30-25-17-14-20(18-26(25)31-2)23-10-6-7-11-24(23)28-27(29)19-12-15-22(16-13-19)32-21-8-4-3-5-9-21/h3-5,8-9,12-18,23-24H,6-7,10-11H2,1-2H3,(H,28,29). The highest BCUT2D eigenvalue weighted by atomic mass is 16.5. The summed E-state index contributed by atoms with van der Waals surface area (Å²) < 4.78 is 16.7. The Bertz CT molecular complexity index is 1030. The van der Waals surface area contributed by atoms with Crippen molar-refractivity contribution in [2.45, 2.75) is 37.6 Å². The van der Waals surface area contributed by atoms with E-state index in [1.165, 1.54) is 5.56 Å². The first-order valence-corrected chi connectivity index (χ1v) is 11.0. The normalized spacial score (nSPS) is 17.9. The number of hydrogen-bond acceptors (Lipinski definition) is 4. The third-order valence-corrected chi connectivity index (χ3v) is 6.01. The first kappa shape index (κ1) is 21.8. The zero-order chi connectivity index (χ0) is 22.3. The van der Waals surface area contributed by atoms with Crippen molar-refractivity contribution in [2.75, 3.05) is 14.2 Å². The summed E-state index contributed by atoms with van der Waals surface area (Å²) in [5, 5.41) is 3.27. The van der Waals surface area contributed by atoms with E-state index in [0.29, 0.717) is 17.1 Å². The number of carbonyl (C=O) groups excluding carboxylic acids is 1. The van der Waals surface area contributed by atoms with Crippen LogP contribution in [-0.2, 0) is 0 Å². The number of hydrogen-bond donors (Lipinski definition) is 1. The summed E-state index contributed by atoms with van der Waals surface area (Å²) in [6, 6.07) is 23.0. The second-order valence-electron chi connectivity index (χ2n) is 8.02. The quantitative estimate of drug-likeness (QED) is 0.502. The molecule has 1 saturated carbocycles. The molecule has 3 aromatic carbocycles. The molecule has 0 heterocycles. The first-order valence-electron chi connectivity index (χ1n) is 11.0. The van der Waals surface area contributed by atoms with Gasteiger partial charge in [0.1, 0.15) is 11.5 Å². The van der Waals surface area contributed by atoms with Crippen molar-refractivity contribution >= 4 is 5.91 Å². The largest absolute Gasteiger partial charge is 0.493 e. The topological polar surface area (TPSA) is 56.8 Å². The zero-order valence-electron chi connectivity index (χ0n) is 18.5. The van der Waals surface area contributed by atoms with Gasteiger partial charge in [-0.15, -0.1) is 0 Å². The molecule has 0 saturated heterocycles. The van der Waals surface area contributed by atoms with Crippen LogP contribution in [0.4, 0.5) is 0 Å². The summed E-state index contributed by atoms with van der Waals surface area (Å²) in [5.41, 5.74) is 1.79. The van der Waals surface area contributed by atoms with Crippen LogP contribution in [-0.4, -0.2) is 26.2 Å². The van der Waals surface area contributed by atoms with Gasteiger partial charge in [-0.25, -0.2) is 0 Å². The van der Waals surface area contributed by atoms with Gasteiger partial charge in [0.25, 0.3) is 5.91 Å². The van der Waals surface area contributed by atoms with Crippen LogP contribution in [0.1, 0.15) is 47.5 Å². The number of rotatable bonds is 7. The van der Waals surface area contributed by atoms with Crippen molar-refractivity contribution in [1.82, 2.24) is 5.32 Å². The van der Waals surface area contributed by atoms with E-state index in [4.69, 9.17) is 14.2 Å². The van der Waals surface area contributed by atoms with Crippen molar-refractivity contribution in [2.24, 2.45) is 0 Å². The van der Waals surface area contributed by atoms with Crippen LogP contribution in [0.3, 0.4) is 0 Å². The average molecular weight is 432 g/mol. The molecule has 32 heavy (non-hydrogen) atoms. The highest BCUT2D eigenvalue weighted by Crippen LogP contribution is 2.37. The lowest BCUT2D eigenvalue weighted by Gasteiger charge is -2.33. The molecule has 3 aromatic rings. The average Bonchev–Trinajstić information content (AvgIpc) is 2.85. The van der Waals surface area contributed by atoms with Crippen molar-refractivity contribution in [3.8, 4) is 23.0 Å². The Labute approximate surface area is 189 Å². The smallest absolute Gasteiger partial charge is 0.251 e. The molecular weight excluding hydrogens is 402 g/mol. The molecular formula is C27H29NO4. The monoisotopic (exact) mass is 431 g/mol. The zero-order valence-corrected chi connectivity index (χ0v) is 18.5. The van der Waals surface area contributed by atoms with Gasteiger partial charge in [0.15, 0.2) is 11.5 Å². The van der Waals surface area contributed by atoms with Crippen molar-refractivity contribution in [3.63, 3.8) is 0 Å². The number of ether oxygens (including phenoxy) is 3. The molecule has 0 spiro atoms. The minimum Gasteiger partial charge on any atom is -0.493 e. The Balaban J connectivity index is 1.45. The van der Waals surface area contributed by atoms with E-state index in [9.17, 15) is 4.79 Å². The summed E-state index contributed by atoms with van der Waals surface area (Å²) >= 11 is 0. The van der Waals surface area contributed by atoms with Crippen molar-refractivity contribution < 1.29 is 19.0 Å². The molecule has 5 nitrogen and oxygen atoms in total. The van der Waals surface area contributed by atoms with Crippen LogP contribution in [0.25, 0.3) is 0 Å². The number of carbonyl (C=O) groups is 1. The number of para-hydroxylation sites is 1. The molecule has 0 bridgehead atoms. The van der Waals surface area contributed by atoms with Crippen LogP contribution in [0.15, 0.2) is 72.8 Å². The van der Waals surface area contributed by atoms with E-state index in [1.54, 1.807) is 14.2 Å². The number of benzene rings is 3. The maximum atomic E-state index is 13.0. The van der Waals surface area contributed by atoms with E-state index in [0.717, 1.165) is 37.2 Å². The third kappa shape index (κ3) is 5.05. The predicted molar refractivity (Wildman–Crippen MR) is 125 cm³/mol. The van der Waals surface area contributed by atoms with Gasteiger partial charge >= 0.3 is 0 Å². The number of methoxy groups -OCH3 is 2. The van der Waals surface area contributed by atoms with Gasteiger partial charge in [-0.3, -0.25) is 4.79 Å². The summed E-state index contributed by atoms with van der Waals surface area (Å²) in [6.07, 6.45) is 4.25. The molecule has 166 valence electrons. The van der Waals surface area contributed by atoms with E-state index in [2.05, 4.69) is 11.4 Å². The Kier molecular flexibility index (Phi) is 6.95. The summed E-state index contributed by atoms with van der Waals surface area (Å²) in [7, 11) is 3.28. The molecule has 5 heteroatoms. The van der Waals surface area contributed by atoms with Crippen molar-refractivity contribution in [1.29, 1.82) is 0 Å². The molecule has 2 unspecified atom stereocenters. The molecule has 1 aliphatic carbocycles. The summed E-state index contributed by atoms with van der Waals surface area (Å²) in [4.78, 5) is 13.0. The first-order chi connectivity index (χ1) is 15.7. The summed E-state index contributed by atoms with van der Waals surface area (Å²) in [6.45, 7) is 0. The van der Waals surface area contributed by atoms with Crippen molar-refractivity contribution in [3.05, 3.63) is 83.9 Å². The summed E-state index contributed by atoms with van der Waals surface area (Å²) in [5.74, 6) is 3.08. The van der Waals surface area contributed by atoms with Gasteiger partial charge in [-0.2, -0.15) is 0 Å². The van der Waals surface area contributed by atoms with E-state index in [-0.39, 0.29) is 17.9 Å². The minimum absolute atomic E-state index is 0.0614. The fourth-order valence-electron chi connectivity index (χ4n) is 4.34. The Hall–Kier alpha value is -3.47. The Morgan fingerprint density at radius 2 is 1.50 bits per heavy atom. The second kappa shape index (κ2) is 10.2. The van der Waals surface area contributed by atoms with Crippen LogP contribution >= 0.6 is 0 Å². The van der Waals surface area contributed by atoms with Gasteiger partial charge in [-0.05, 0) is 66.9 Å². The molecule has 4 rings (SSSR count). The molecule has 1 N–H and O–H groups in total. The van der Waals surface area contributed by atoms with E-state index < -0.39 is 0 Å². The molecule has 1 fully saturated rings. The van der Waals surface area contributed by atoms with Crippen LogP contribution in [0.5, 0.6) is 23.0 Å². The molecule has 0 aromatic heterocycles. The van der Waals surface area contributed by atoms with E-state index >= 15 is 0 Å². The molecule has 0 radical (unpaired) electrons. The fraction of sp³-hybridized carbons (Fsp3) is 0.296. The molecule has 2 atom stereocenters. The molecule has 0 aliphatic heterocycles. The predicted octanol–water partition coefficient (Wildman–Crippen LogP) is 5.95. The number of amides is 1. The maximum Gasteiger partial charge on any atom is 0.251 e. The maximum absolute atomic E-state index is 13.0. The minimum atomic E-state index is -0.0614. The van der Waals surface area contributed by atoms with E-state index in [1.807, 2.05) is 66.7 Å². The van der Waals surface area contributed by atoms with Crippen LogP contribution in [0, 0.1) is 0 Å². The highest BCUT2D eigenvalue weighted by molar-refractivity contribution is 5.94. The van der Waals surface area contributed by atoms with Crippen LogP contribution < -0.4 is 19.5 Å². The van der Waals surface area contributed by atoms with Gasteiger partial charge in [0.05, 0.1) is 14.2 Å². The SMILES string of the molecule is COc1ccc(C2CCCCC2NC(=O)c2ccc(Oc3ccccc3)cc2)cc1OC. The Morgan fingerprint density at radius 3 is 2.22 bits per heavy atom. The van der Waals surface area contributed by atoms with Crippen LogP contribution in [0.2, 0.25) is 0 Å². The molecule has 1 amide bonds. The van der Waals surface area contributed by atoms with Gasteiger partial charge < -0.3 is 19.5 Å².